The molecule has 4 atom stereocenters. The highest BCUT2D eigenvalue weighted by Gasteiger charge is 2.32. The molecule has 0 saturated carbocycles. The lowest BCUT2D eigenvalue weighted by atomic mass is 10.2. The normalized spacial score (nSPS) is 15.6. The summed E-state index contributed by atoms with van der Waals surface area (Å²) in [4.78, 5) is 24.3. The zero-order chi connectivity index (χ0) is 28.5. The molecule has 0 heterocycles. The standard InChI is InChI=1S/C24H50O9S2Si2/c1-19(15-34-17-21(27)13-25)23(29)31-9-7-11-36(3,4)33-37(5,6)12-8-10-32-24(30)20(2)16-35-18-22(28)14-26/h19-22,25-28H,7-18H2,1-6H3. The molecule has 0 aromatic carbocycles. The highest BCUT2D eigenvalue weighted by molar-refractivity contribution is 7.99. The van der Waals surface area contributed by atoms with E-state index in [4.69, 9.17) is 23.8 Å². The van der Waals surface area contributed by atoms with E-state index in [9.17, 15) is 19.8 Å². The molecule has 13 heteroatoms. The third-order valence-electron chi connectivity index (χ3n) is 5.47. The predicted molar refractivity (Wildman–Crippen MR) is 156 cm³/mol. The van der Waals surface area contributed by atoms with E-state index >= 15 is 0 Å². The van der Waals surface area contributed by atoms with E-state index in [1.54, 1.807) is 13.8 Å². The van der Waals surface area contributed by atoms with Crippen LogP contribution in [0, 0.1) is 11.8 Å². The van der Waals surface area contributed by atoms with Gasteiger partial charge < -0.3 is 34.0 Å². The molecule has 0 bridgehead atoms. The average molecular weight is 603 g/mol. The first kappa shape index (κ1) is 36.9. The van der Waals surface area contributed by atoms with Crippen LogP contribution in [0.15, 0.2) is 0 Å². The van der Waals surface area contributed by atoms with Gasteiger partial charge in [0.2, 0.25) is 0 Å². The van der Waals surface area contributed by atoms with Crippen molar-refractivity contribution in [3.8, 4) is 0 Å². The summed E-state index contributed by atoms with van der Waals surface area (Å²) in [6, 6.07) is 1.77. The quantitative estimate of drug-likeness (QED) is 0.0825. The number of hydrogen-bond donors (Lipinski definition) is 4. The molecule has 4 N–H and O–H groups in total. The lowest BCUT2D eigenvalue weighted by Gasteiger charge is -2.34. The summed E-state index contributed by atoms with van der Waals surface area (Å²) in [7, 11) is -3.87. The van der Waals surface area contributed by atoms with Crippen LogP contribution in [0.4, 0.5) is 0 Å². The van der Waals surface area contributed by atoms with Crippen LogP contribution >= 0.6 is 23.5 Å². The topological polar surface area (TPSA) is 143 Å². The van der Waals surface area contributed by atoms with E-state index in [-0.39, 0.29) is 37.0 Å². The van der Waals surface area contributed by atoms with E-state index in [1.807, 2.05) is 0 Å². The summed E-state index contributed by atoms with van der Waals surface area (Å²) in [6.45, 7) is 12.5. The Morgan fingerprint density at radius 2 is 1.05 bits per heavy atom. The Hall–Kier alpha value is -0.126. The Kier molecular flexibility index (Phi) is 19.8. The van der Waals surface area contributed by atoms with Gasteiger partial charge in [-0.25, -0.2) is 0 Å². The van der Waals surface area contributed by atoms with Gasteiger partial charge in [0, 0.05) is 23.0 Å². The van der Waals surface area contributed by atoms with Gasteiger partial charge in [-0.3, -0.25) is 9.59 Å². The number of carbonyl (C=O) groups is 2. The largest absolute Gasteiger partial charge is 0.465 e. The van der Waals surface area contributed by atoms with Gasteiger partial charge in [0.25, 0.3) is 0 Å². The van der Waals surface area contributed by atoms with Gasteiger partial charge in [-0.1, -0.05) is 13.8 Å². The molecule has 0 aromatic heterocycles. The maximum absolute atomic E-state index is 12.2. The van der Waals surface area contributed by atoms with Crippen LogP contribution in [0.2, 0.25) is 38.3 Å². The Morgan fingerprint density at radius 3 is 1.38 bits per heavy atom. The van der Waals surface area contributed by atoms with Gasteiger partial charge in [0.05, 0.1) is 50.5 Å². The van der Waals surface area contributed by atoms with Crippen LogP contribution in [0.3, 0.4) is 0 Å². The molecule has 0 saturated heterocycles. The van der Waals surface area contributed by atoms with Gasteiger partial charge in [-0.2, -0.15) is 23.5 Å². The van der Waals surface area contributed by atoms with Crippen molar-refractivity contribution >= 4 is 52.1 Å². The fraction of sp³-hybridized carbons (Fsp3) is 0.917. The summed E-state index contributed by atoms with van der Waals surface area (Å²) in [5, 5.41) is 36.4. The molecule has 0 fully saturated rings. The first-order valence-corrected chi connectivity index (χ1v) is 21.5. The smallest absolute Gasteiger partial charge is 0.309 e. The van der Waals surface area contributed by atoms with Crippen molar-refractivity contribution in [1.29, 1.82) is 0 Å². The summed E-state index contributed by atoms with van der Waals surface area (Å²) in [5.74, 6) is 0.852. The lowest BCUT2D eigenvalue weighted by molar-refractivity contribution is -0.148. The predicted octanol–water partition coefficient (Wildman–Crippen LogP) is 2.72. The maximum Gasteiger partial charge on any atom is 0.309 e. The number of aliphatic hydroxyl groups excluding tert-OH is 4. The van der Waals surface area contributed by atoms with Crippen LogP contribution in [-0.4, -0.2) is 111 Å². The lowest BCUT2D eigenvalue weighted by Crippen LogP contribution is -2.44. The van der Waals surface area contributed by atoms with Gasteiger partial charge >= 0.3 is 11.9 Å². The average Bonchev–Trinajstić information content (AvgIpc) is 2.82. The molecule has 0 aliphatic carbocycles. The molecule has 0 aliphatic heterocycles. The second-order valence-electron chi connectivity index (χ2n) is 10.7. The Morgan fingerprint density at radius 1 is 0.703 bits per heavy atom. The van der Waals surface area contributed by atoms with E-state index in [0.29, 0.717) is 36.2 Å². The van der Waals surface area contributed by atoms with Crippen LogP contribution in [-0.2, 0) is 23.2 Å². The van der Waals surface area contributed by atoms with Gasteiger partial charge in [0.15, 0.2) is 16.6 Å². The van der Waals surface area contributed by atoms with Crippen molar-refractivity contribution in [2.45, 2.75) is 77.2 Å². The molecule has 0 radical (unpaired) electrons. The summed E-state index contributed by atoms with van der Waals surface area (Å²) < 4.78 is 17.4. The first-order chi connectivity index (χ1) is 17.2. The molecule has 0 rings (SSSR count). The van der Waals surface area contributed by atoms with Crippen LogP contribution in [0.25, 0.3) is 0 Å². The SMILES string of the molecule is CC(CSCC(O)CO)C(=O)OCCC[Si](C)(C)O[Si](C)(C)CCCOC(=O)C(C)CSCC(O)CO. The van der Waals surface area contributed by atoms with E-state index in [2.05, 4.69) is 26.2 Å². The summed E-state index contributed by atoms with van der Waals surface area (Å²) in [6.07, 6.45) is -0.0234. The molecule has 4 unspecified atom stereocenters. The molecule has 0 amide bonds. The van der Waals surface area contributed by atoms with E-state index in [1.165, 1.54) is 23.5 Å². The minimum Gasteiger partial charge on any atom is -0.465 e. The highest BCUT2D eigenvalue weighted by atomic mass is 32.2. The first-order valence-electron chi connectivity index (χ1n) is 13.0. The molecular formula is C24H50O9S2Si2. The number of ether oxygens (including phenoxy) is 2. The molecular weight excluding hydrogens is 553 g/mol. The van der Waals surface area contributed by atoms with Crippen LogP contribution in [0.1, 0.15) is 26.7 Å². The number of rotatable bonds is 22. The zero-order valence-electron chi connectivity index (χ0n) is 23.4. The minimum absolute atomic E-state index is 0.244. The Balaban J connectivity index is 4.15. The third-order valence-corrected chi connectivity index (χ3v) is 15.7. The molecule has 0 aromatic rings. The zero-order valence-corrected chi connectivity index (χ0v) is 27.1. The summed E-state index contributed by atoms with van der Waals surface area (Å²) in [5.41, 5.74) is 0. The second kappa shape index (κ2) is 19.9. The fourth-order valence-electron chi connectivity index (χ4n) is 3.48. The van der Waals surface area contributed by atoms with Crippen molar-refractivity contribution in [2.75, 3.05) is 49.4 Å². The van der Waals surface area contributed by atoms with Crippen molar-refractivity contribution in [3.63, 3.8) is 0 Å². The molecule has 9 nitrogen and oxygen atoms in total. The number of esters is 2. The van der Waals surface area contributed by atoms with Crippen molar-refractivity contribution in [2.24, 2.45) is 11.8 Å². The Bertz CT molecular complexity index is 589. The van der Waals surface area contributed by atoms with E-state index < -0.39 is 28.8 Å². The number of hydrogen-bond acceptors (Lipinski definition) is 11. The van der Waals surface area contributed by atoms with Crippen molar-refractivity contribution in [1.82, 2.24) is 0 Å². The second-order valence-corrected chi connectivity index (χ2v) is 21.7. The van der Waals surface area contributed by atoms with Crippen LogP contribution < -0.4 is 0 Å². The summed E-state index contributed by atoms with van der Waals surface area (Å²) >= 11 is 2.85. The van der Waals surface area contributed by atoms with Gasteiger partial charge in [-0.15, -0.1) is 0 Å². The third kappa shape index (κ3) is 19.6. The highest BCUT2D eigenvalue weighted by Crippen LogP contribution is 2.24. The fourth-order valence-corrected chi connectivity index (χ4v) is 14.3. The van der Waals surface area contributed by atoms with E-state index in [0.717, 1.165) is 24.9 Å². The number of carbonyl (C=O) groups excluding carboxylic acids is 2. The minimum atomic E-state index is -1.94. The van der Waals surface area contributed by atoms with Crippen LogP contribution in [0.5, 0.6) is 0 Å². The van der Waals surface area contributed by atoms with Crippen molar-refractivity contribution < 1.29 is 43.6 Å². The maximum atomic E-state index is 12.2. The molecule has 37 heavy (non-hydrogen) atoms. The molecule has 0 spiro atoms. The molecule has 220 valence electrons. The Labute approximate surface area is 233 Å². The monoisotopic (exact) mass is 602 g/mol. The number of thioether (sulfide) groups is 2. The van der Waals surface area contributed by atoms with Crippen molar-refractivity contribution in [3.05, 3.63) is 0 Å². The van der Waals surface area contributed by atoms with Gasteiger partial charge in [0.1, 0.15) is 0 Å². The van der Waals surface area contributed by atoms with Gasteiger partial charge in [-0.05, 0) is 51.1 Å². The molecule has 0 aliphatic rings. The number of aliphatic hydroxyl groups is 4.